The first-order valence-electron chi connectivity index (χ1n) is 5.14. The number of carboxylic acid groups (broad SMARTS) is 1. The first kappa shape index (κ1) is 13.7. The van der Waals surface area contributed by atoms with Crippen molar-refractivity contribution in [2.24, 2.45) is 5.92 Å². The van der Waals surface area contributed by atoms with Gasteiger partial charge in [-0.1, -0.05) is 6.92 Å². The Kier molecular flexibility index (Phi) is 4.64. The largest absolute Gasteiger partial charge is 0.481 e. The Hall–Kier alpha value is -1.41. The van der Waals surface area contributed by atoms with E-state index in [-0.39, 0.29) is 11.4 Å². The van der Waals surface area contributed by atoms with Gasteiger partial charge in [-0.2, -0.15) is 5.10 Å². The number of nitrogens with one attached hydrogen (secondary N) is 2. The molecule has 0 aliphatic heterocycles. The summed E-state index contributed by atoms with van der Waals surface area (Å²) in [6.45, 7) is 1.80. The van der Waals surface area contributed by atoms with Crippen molar-refractivity contribution >= 4 is 16.0 Å². The number of aromatic amines is 1. The molecule has 1 rings (SSSR count). The Morgan fingerprint density at radius 3 is 2.88 bits per heavy atom. The highest BCUT2D eigenvalue weighted by Crippen LogP contribution is 2.07. The van der Waals surface area contributed by atoms with Crippen LogP contribution in [0.2, 0.25) is 0 Å². The highest BCUT2D eigenvalue weighted by atomic mass is 32.2. The van der Waals surface area contributed by atoms with E-state index in [4.69, 9.17) is 5.11 Å². The molecule has 3 N–H and O–H groups in total. The van der Waals surface area contributed by atoms with Crippen molar-refractivity contribution in [2.75, 3.05) is 6.54 Å². The summed E-state index contributed by atoms with van der Waals surface area (Å²) in [7, 11) is -3.53. The van der Waals surface area contributed by atoms with Crippen molar-refractivity contribution in [1.82, 2.24) is 14.9 Å². The van der Waals surface area contributed by atoms with Gasteiger partial charge in [0.05, 0.1) is 12.1 Å². The number of sulfonamides is 1. The zero-order valence-electron chi connectivity index (χ0n) is 9.38. The summed E-state index contributed by atoms with van der Waals surface area (Å²) in [5.41, 5.74) is 0. The van der Waals surface area contributed by atoms with E-state index in [2.05, 4.69) is 14.9 Å². The fourth-order valence-corrected chi connectivity index (χ4v) is 2.19. The minimum atomic E-state index is -3.53. The summed E-state index contributed by atoms with van der Waals surface area (Å²) in [5.74, 6) is -1.34. The molecular formula is C9H15N3O4S. The van der Waals surface area contributed by atoms with E-state index >= 15 is 0 Å². The maximum atomic E-state index is 11.6. The molecule has 1 unspecified atom stereocenters. The van der Waals surface area contributed by atoms with Gasteiger partial charge in [-0.3, -0.25) is 9.89 Å². The molecule has 0 saturated heterocycles. The molecular weight excluding hydrogens is 246 g/mol. The summed E-state index contributed by atoms with van der Waals surface area (Å²) in [6.07, 6.45) is 3.40. The molecule has 1 aromatic heterocycles. The molecule has 17 heavy (non-hydrogen) atoms. The maximum Gasteiger partial charge on any atom is 0.306 e. The molecule has 0 amide bonds. The number of rotatable bonds is 7. The summed E-state index contributed by atoms with van der Waals surface area (Å²) < 4.78 is 25.5. The molecule has 1 atom stereocenters. The molecule has 8 heteroatoms. The first-order chi connectivity index (χ1) is 7.93. The normalized spacial score (nSPS) is 13.5. The fraction of sp³-hybridized carbons (Fsp3) is 0.556. The predicted molar refractivity (Wildman–Crippen MR) is 59.8 cm³/mol. The Balaban J connectivity index is 2.35. The number of hydrogen-bond donors (Lipinski definition) is 3. The van der Waals surface area contributed by atoms with E-state index < -0.39 is 21.9 Å². The van der Waals surface area contributed by atoms with Gasteiger partial charge in [0.2, 0.25) is 10.0 Å². The van der Waals surface area contributed by atoms with Crippen LogP contribution >= 0.6 is 0 Å². The third-order valence-electron chi connectivity index (χ3n) is 2.31. The topological polar surface area (TPSA) is 112 Å². The monoisotopic (exact) mass is 261 g/mol. The quantitative estimate of drug-likeness (QED) is 0.606. The van der Waals surface area contributed by atoms with Crippen molar-refractivity contribution in [3.05, 3.63) is 12.4 Å². The second kappa shape index (κ2) is 5.78. The number of H-pyrrole nitrogens is 1. The van der Waals surface area contributed by atoms with Crippen LogP contribution in [0.3, 0.4) is 0 Å². The van der Waals surface area contributed by atoms with Crippen LogP contribution in [-0.2, 0) is 14.8 Å². The zero-order valence-corrected chi connectivity index (χ0v) is 10.2. The van der Waals surface area contributed by atoms with E-state index in [9.17, 15) is 13.2 Å². The highest BCUT2D eigenvalue weighted by molar-refractivity contribution is 7.89. The first-order valence-corrected chi connectivity index (χ1v) is 6.63. The van der Waals surface area contributed by atoms with Crippen molar-refractivity contribution < 1.29 is 18.3 Å². The Morgan fingerprint density at radius 2 is 2.35 bits per heavy atom. The second-order valence-electron chi connectivity index (χ2n) is 3.71. The molecule has 1 heterocycles. The molecule has 0 radical (unpaired) electrons. The summed E-state index contributed by atoms with van der Waals surface area (Å²) >= 11 is 0. The maximum absolute atomic E-state index is 11.6. The molecule has 0 aromatic carbocycles. The SMILES string of the molecule is CC(CCCNS(=O)(=O)c1cn[nH]c1)C(=O)O. The number of aromatic nitrogens is 2. The lowest BCUT2D eigenvalue weighted by Crippen LogP contribution is -2.25. The Labute approximate surface area is 99.3 Å². The van der Waals surface area contributed by atoms with Gasteiger partial charge in [-0.05, 0) is 12.8 Å². The number of hydrogen-bond acceptors (Lipinski definition) is 4. The van der Waals surface area contributed by atoms with Crippen molar-refractivity contribution in [3.63, 3.8) is 0 Å². The number of nitrogens with zero attached hydrogens (tertiary/aromatic N) is 1. The molecule has 0 aliphatic carbocycles. The average Bonchev–Trinajstić information content (AvgIpc) is 2.77. The van der Waals surface area contributed by atoms with Crippen LogP contribution in [0.25, 0.3) is 0 Å². The third kappa shape index (κ3) is 4.16. The number of carbonyl (C=O) groups is 1. The lowest BCUT2D eigenvalue weighted by molar-refractivity contribution is -0.141. The lowest BCUT2D eigenvalue weighted by Gasteiger charge is -2.06. The van der Waals surface area contributed by atoms with E-state index in [1.807, 2.05) is 0 Å². The summed E-state index contributed by atoms with van der Waals surface area (Å²) in [6, 6.07) is 0. The van der Waals surface area contributed by atoms with E-state index in [1.165, 1.54) is 12.4 Å². The Morgan fingerprint density at radius 1 is 1.65 bits per heavy atom. The van der Waals surface area contributed by atoms with Gasteiger partial charge >= 0.3 is 5.97 Å². The van der Waals surface area contributed by atoms with Crippen LogP contribution in [0.5, 0.6) is 0 Å². The average molecular weight is 261 g/mol. The molecule has 0 spiro atoms. The van der Waals surface area contributed by atoms with E-state index in [1.54, 1.807) is 6.92 Å². The fourth-order valence-electron chi connectivity index (χ4n) is 1.21. The van der Waals surface area contributed by atoms with Crippen LogP contribution in [0.4, 0.5) is 0 Å². The number of carboxylic acids is 1. The highest BCUT2D eigenvalue weighted by Gasteiger charge is 2.15. The van der Waals surface area contributed by atoms with Crippen LogP contribution in [0.1, 0.15) is 19.8 Å². The van der Waals surface area contributed by atoms with E-state index in [0.717, 1.165) is 0 Å². The molecule has 0 aliphatic rings. The van der Waals surface area contributed by atoms with Gasteiger partial charge in [0.25, 0.3) is 0 Å². The summed E-state index contributed by atoms with van der Waals surface area (Å²) in [5, 5.41) is 14.6. The minimum Gasteiger partial charge on any atom is -0.481 e. The molecule has 1 aromatic rings. The van der Waals surface area contributed by atoms with Crippen LogP contribution in [0, 0.1) is 5.92 Å². The number of aliphatic carboxylic acids is 1. The molecule has 7 nitrogen and oxygen atoms in total. The van der Waals surface area contributed by atoms with Gasteiger partial charge in [0.1, 0.15) is 4.90 Å². The van der Waals surface area contributed by atoms with Crippen LogP contribution in [0.15, 0.2) is 17.3 Å². The van der Waals surface area contributed by atoms with Crippen molar-refractivity contribution in [2.45, 2.75) is 24.7 Å². The van der Waals surface area contributed by atoms with Crippen LogP contribution in [-0.4, -0.2) is 36.2 Å². The van der Waals surface area contributed by atoms with Gasteiger partial charge in [0, 0.05) is 12.7 Å². The lowest BCUT2D eigenvalue weighted by atomic mass is 10.1. The minimum absolute atomic E-state index is 0.0729. The Bertz CT molecular complexity index is 455. The smallest absolute Gasteiger partial charge is 0.306 e. The third-order valence-corrected chi connectivity index (χ3v) is 3.74. The van der Waals surface area contributed by atoms with Gasteiger partial charge in [0.15, 0.2) is 0 Å². The summed E-state index contributed by atoms with van der Waals surface area (Å²) in [4.78, 5) is 10.6. The standard InChI is InChI=1S/C9H15N3O4S/c1-7(9(13)14)3-2-4-12-17(15,16)8-5-10-11-6-8/h5-7,12H,2-4H2,1H3,(H,10,11)(H,13,14). The predicted octanol–water partition coefficient (Wildman–Crippen LogP) is 0.189. The molecule has 0 bridgehead atoms. The van der Waals surface area contributed by atoms with E-state index in [0.29, 0.717) is 12.8 Å². The zero-order chi connectivity index (χ0) is 12.9. The second-order valence-corrected chi connectivity index (χ2v) is 5.48. The molecule has 0 fully saturated rings. The molecule has 0 saturated carbocycles. The van der Waals surface area contributed by atoms with Crippen LogP contribution < -0.4 is 4.72 Å². The van der Waals surface area contributed by atoms with Gasteiger partial charge in [-0.15, -0.1) is 0 Å². The van der Waals surface area contributed by atoms with Crippen molar-refractivity contribution in [3.8, 4) is 0 Å². The molecule has 96 valence electrons. The van der Waals surface area contributed by atoms with Gasteiger partial charge in [-0.25, -0.2) is 13.1 Å². The van der Waals surface area contributed by atoms with Gasteiger partial charge < -0.3 is 5.11 Å². The van der Waals surface area contributed by atoms with Crippen molar-refractivity contribution in [1.29, 1.82) is 0 Å².